The van der Waals surface area contributed by atoms with Gasteiger partial charge in [0, 0.05) is 18.3 Å². The van der Waals surface area contributed by atoms with Crippen LogP contribution in [0.25, 0.3) is 5.69 Å². The van der Waals surface area contributed by atoms with E-state index < -0.39 is 0 Å². The normalized spacial score (nSPS) is 10.4. The van der Waals surface area contributed by atoms with Gasteiger partial charge in [-0.3, -0.25) is 4.79 Å². The summed E-state index contributed by atoms with van der Waals surface area (Å²) in [6.45, 7) is 0.460. The molecule has 3 rings (SSSR count). The first-order chi connectivity index (χ1) is 11.7. The number of amides is 1. The molecule has 0 unspecified atom stereocenters. The number of nitrogens with zero attached hydrogens (tertiary/aromatic N) is 2. The van der Waals surface area contributed by atoms with E-state index in [-0.39, 0.29) is 5.91 Å². The Balaban J connectivity index is 1.53. The molecular weight excluding hydrogens is 302 g/mol. The minimum atomic E-state index is -0.0207. The summed E-state index contributed by atoms with van der Waals surface area (Å²) in [4.78, 5) is 12.0. The Morgan fingerprint density at radius 3 is 2.54 bits per heavy atom. The van der Waals surface area contributed by atoms with Crippen molar-refractivity contribution < 1.29 is 9.53 Å². The average Bonchev–Trinajstić information content (AvgIpc) is 3.10. The highest BCUT2D eigenvalue weighted by Gasteiger charge is 2.05. The Morgan fingerprint density at radius 2 is 1.83 bits per heavy atom. The first-order valence-electron chi connectivity index (χ1n) is 7.73. The van der Waals surface area contributed by atoms with Crippen molar-refractivity contribution in [2.75, 3.05) is 7.11 Å². The van der Waals surface area contributed by atoms with Gasteiger partial charge in [-0.25, -0.2) is 4.68 Å². The zero-order valence-electron chi connectivity index (χ0n) is 13.5. The van der Waals surface area contributed by atoms with Gasteiger partial charge in [0.15, 0.2) is 0 Å². The number of hydrogen-bond donors (Lipinski definition) is 1. The molecule has 1 amide bonds. The summed E-state index contributed by atoms with van der Waals surface area (Å²) in [6.07, 6.45) is 4.03. The van der Waals surface area contributed by atoms with Gasteiger partial charge in [0.05, 0.1) is 25.4 Å². The van der Waals surface area contributed by atoms with E-state index in [4.69, 9.17) is 4.74 Å². The molecule has 3 aromatic rings. The number of hydrogen-bond acceptors (Lipinski definition) is 3. The van der Waals surface area contributed by atoms with Crippen LogP contribution in [0.15, 0.2) is 67.0 Å². The van der Waals surface area contributed by atoms with Crippen molar-refractivity contribution in [1.82, 2.24) is 15.1 Å². The molecule has 0 bridgehead atoms. The highest BCUT2D eigenvalue weighted by molar-refractivity contribution is 5.78. The van der Waals surface area contributed by atoms with E-state index in [1.54, 1.807) is 18.0 Å². The van der Waals surface area contributed by atoms with E-state index in [1.807, 2.05) is 60.8 Å². The molecule has 5 heteroatoms. The number of aromatic nitrogens is 2. The molecule has 122 valence electrons. The molecule has 1 N–H and O–H groups in total. The first-order valence-corrected chi connectivity index (χ1v) is 7.73. The van der Waals surface area contributed by atoms with E-state index in [0.717, 1.165) is 22.6 Å². The SMILES string of the molecule is COc1ccc(CC(=O)NCc2cnn(-c3ccccc3)c2)cc1. The van der Waals surface area contributed by atoms with Crippen molar-refractivity contribution in [1.29, 1.82) is 0 Å². The maximum absolute atomic E-state index is 12.0. The third-order valence-electron chi connectivity index (χ3n) is 3.67. The second-order valence-corrected chi connectivity index (χ2v) is 5.43. The summed E-state index contributed by atoms with van der Waals surface area (Å²) in [5.41, 5.74) is 2.91. The second-order valence-electron chi connectivity index (χ2n) is 5.43. The minimum absolute atomic E-state index is 0.0207. The van der Waals surface area contributed by atoms with Gasteiger partial charge < -0.3 is 10.1 Å². The second kappa shape index (κ2) is 7.46. The minimum Gasteiger partial charge on any atom is -0.497 e. The number of ether oxygens (including phenoxy) is 1. The highest BCUT2D eigenvalue weighted by Crippen LogP contribution is 2.12. The number of para-hydroxylation sites is 1. The molecule has 2 aromatic carbocycles. The first kappa shape index (κ1) is 15.8. The van der Waals surface area contributed by atoms with Crippen molar-refractivity contribution in [3.05, 3.63) is 78.1 Å². The van der Waals surface area contributed by atoms with Crippen LogP contribution in [-0.4, -0.2) is 22.8 Å². The molecule has 0 spiro atoms. The predicted octanol–water partition coefficient (Wildman–Crippen LogP) is 2.74. The van der Waals surface area contributed by atoms with E-state index in [1.165, 1.54) is 0 Å². The highest BCUT2D eigenvalue weighted by atomic mass is 16.5. The van der Waals surface area contributed by atoms with Crippen LogP contribution in [-0.2, 0) is 17.8 Å². The topological polar surface area (TPSA) is 56.1 Å². The van der Waals surface area contributed by atoms with Crippen LogP contribution < -0.4 is 10.1 Å². The molecule has 0 atom stereocenters. The Kier molecular flexibility index (Phi) is 4.91. The van der Waals surface area contributed by atoms with Gasteiger partial charge in [0.2, 0.25) is 5.91 Å². The summed E-state index contributed by atoms with van der Waals surface area (Å²) in [6, 6.07) is 17.4. The largest absolute Gasteiger partial charge is 0.497 e. The van der Waals surface area contributed by atoms with E-state index in [2.05, 4.69) is 10.4 Å². The standard InChI is InChI=1S/C19H19N3O2/c1-24-18-9-7-15(8-10-18)11-19(23)20-12-16-13-21-22(14-16)17-5-3-2-4-6-17/h2-10,13-14H,11-12H2,1H3,(H,20,23). The van der Waals surface area contributed by atoms with E-state index >= 15 is 0 Å². The molecule has 0 saturated carbocycles. The zero-order chi connectivity index (χ0) is 16.8. The quantitative estimate of drug-likeness (QED) is 0.759. The lowest BCUT2D eigenvalue weighted by molar-refractivity contribution is -0.120. The maximum atomic E-state index is 12.0. The number of nitrogens with one attached hydrogen (secondary N) is 1. The van der Waals surface area contributed by atoms with Gasteiger partial charge >= 0.3 is 0 Å². The molecule has 5 nitrogen and oxygen atoms in total. The van der Waals surface area contributed by atoms with Gasteiger partial charge in [-0.05, 0) is 29.8 Å². The molecule has 0 aliphatic rings. The van der Waals surface area contributed by atoms with Crippen molar-refractivity contribution in [2.24, 2.45) is 0 Å². The van der Waals surface area contributed by atoms with Gasteiger partial charge in [0.1, 0.15) is 5.75 Å². The lowest BCUT2D eigenvalue weighted by Gasteiger charge is -2.05. The van der Waals surface area contributed by atoms with Crippen LogP contribution in [0.3, 0.4) is 0 Å². The van der Waals surface area contributed by atoms with Crippen LogP contribution in [0.2, 0.25) is 0 Å². The van der Waals surface area contributed by atoms with Gasteiger partial charge in [0.25, 0.3) is 0 Å². The van der Waals surface area contributed by atoms with Gasteiger partial charge in [-0.2, -0.15) is 5.10 Å². The van der Waals surface area contributed by atoms with Crippen LogP contribution in [0.5, 0.6) is 5.75 Å². The lowest BCUT2D eigenvalue weighted by Crippen LogP contribution is -2.24. The number of carbonyl (C=O) groups is 1. The van der Waals surface area contributed by atoms with Gasteiger partial charge in [-0.15, -0.1) is 0 Å². The Hall–Kier alpha value is -3.08. The molecule has 0 fully saturated rings. The Morgan fingerprint density at radius 1 is 1.08 bits per heavy atom. The fourth-order valence-corrected chi connectivity index (χ4v) is 2.37. The third kappa shape index (κ3) is 4.01. The molecule has 1 aromatic heterocycles. The molecule has 0 radical (unpaired) electrons. The van der Waals surface area contributed by atoms with Crippen molar-refractivity contribution in [3.63, 3.8) is 0 Å². The van der Waals surface area contributed by atoms with E-state index in [0.29, 0.717) is 13.0 Å². The lowest BCUT2D eigenvalue weighted by atomic mass is 10.1. The molecule has 0 aliphatic carbocycles. The summed E-state index contributed by atoms with van der Waals surface area (Å²) in [5.74, 6) is 0.764. The summed E-state index contributed by atoms with van der Waals surface area (Å²) in [5, 5.41) is 7.24. The number of carbonyl (C=O) groups excluding carboxylic acids is 1. The molecule has 0 aliphatic heterocycles. The Labute approximate surface area is 140 Å². The van der Waals surface area contributed by atoms with Gasteiger partial charge in [-0.1, -0.05) is 30.3 Å². The summed E-state index contributed by atoms with van der Waals surface area (Å²) < 4.78 is 6.91. The van der Waals surface area contributed by atoms with Crippen LogP contribution in [0, 0.1) is 0 Å². The van der Waals surface area contributed by atoms with Crippen molar-refractivity contribution in [3.8, 4) is 11.4 Å². The molecular formula is C19H19N3O2. The fraction of sp³-hybridized carbons (Fsp3) is 0.158. The number of rotatable bonds is 6. The number of methoxy groups -OCH3 is 1. The van der Waals surface area contributed by atoms with Crippen molar-refractivity contribution >= 4 is 5.91 Å². The molecule has 24 heavy (non-hydrogen) atoms. The maximum Gasteiger partial charge on any atom is 0.224 e. The van der Waals surface area contributed by atoms with Crippen molar-refractivity contribution in [2.45, 2.75) is 13.0 Å². The summed E-state index contributed by atoms with van der Waals surface area (Å²) in [7, 11) is 1.62. The molecule has 0 saturated heterocycles. The predicted molar refractivity (Wildman–Crippen MR) is 92.1 cm³/mol. The van der Waals surface area contributed by atoms with Crippen LogP contribution >= 0.6 is 0 Å². The molecule has 1 heterocycles. The monoisotopic (exact) mass is 321 g/mol. The van der Waals surface area contributed by atoms with Crippen LogP contribution in [0.1, 0.15) is 11.1 Å². The Bertz CT molecular complexity index is 795. The number of benzene rings is 2. The smallest absolute Gasteiger partial charge is 0.224 e. The van der Waals surface area contributed by atoms with E-state index in [9.17, 15) is 4.79 Å². The fourth-order valence-electron chi connectivity index (χ4n) is 2.37. The summed E-state index contributed by atoms with van der Waals surface area (Å²) >= 11 is 0. The zero-order valence-corrected chi connectivity index (χ0v) is 13.5. The third-order valence-corrected chi connectivity index (χ3v) is 3.67. The average molecular weight is 321 g/mol. The van der Waals surface area contributed by atoms with Crippen LogP contribution in [0.4, 0.5) is 0 Å².